The predicted molar refractivity (Wildman–Crippen MR) is 84.6 cm³/mol. The third-order valence-electron chi connectivity index (χ3n) is 2.94. The quantitative estimate of drug-likeness (QED) is 0.807. The van der Waals surface area contributed by atoms with Crippen LogP contribution in [0.1, 0.15) is 13.8 Å². The summed E-state index contributed by atoms with van der Waals surface area (Å²) in [5.41, 5.74) is 0.637. The number of hydrogen-bond acceptors (Lipinski definition) is 6. The molecule has 1 atom stereocenters. The number of amides is 1. The van der Waals surface area contributed by atoms with Crippen LogP contribution in [-0.2, 0) is 14.3 Å². The first-order chi connectivity index (χ1) is 10.6. The molecule has 0 saturated heterocycles. The Balaban J connectivity index is 1.87. The molecule has 120 valence electrons. The largest absolute Gasteiger partial charge is 0.486 e. The summed E-state index contributed by atoms with van der Waals surface area (Å²) in [6.07, 6.45) is 0. The molecular weight excluding hydrogens is 306 g/mol. The molecule has 1 N–H and O–H groups in total. The first kappa shape index (κ1) is 16.5. The molecule has 1 aromatic rings. The highest BCUT2D eigenvalue weighted by Gasteiger charge is 2.17. The SMILES string of the molecule is CCOC(=O)CS[C@@H](C)C(=O)Nc1ccc2c(c1)OCCO2. The summed E-state index contributed by atoms with van der Waals surface area (Å²) in [6.45, 7) is 4.87. The highest BCUT2D eigenvalue weighted by molar-refractivity contribution is 8.01. The molecule has 0 aliphatic carbocycles. The average molecular weight is 325 g/mol. The number of carbonyl (C=O) groups excluding carboxylic acids is 2. The third kappa shape index (κ3) is 4.56. The second-order valence-electron chi connectivity index (χ2n) is 4.61. The Morgan fingerprint density at radius 1 is 1.32 bits per heavy atom. The van der Waals surface area contributed by atoms with Crippen LogP contribution in [0.2, 0.25) is 0 Å². The van der Waals surface area contributed by atoms with Crippen molar-refractivity contribution in [3.05, 3.63) is 18.2 Å². The van der Waals surface area contributed by atoms with Gasteiger partial charge in [-0.3, -0.25) is 9.59 Å². The van der Waals surface area contributed by atoms with E-state index in [4.69, 9.17) is 14.2 Å². The third-order valence-corrected chi connectivity index (χ3v) is 4.05. The Hall–Kier alpha value is -1.89. The smallest absolute Gasteiger partial charge is 0.315 e. The van der Waals surface area contributed by atoms with E-state index in [1.807, 2.05) is 0 Å². The number of esters is 1. The summed E-state index contributed by atoms with van der Waals surface area (Å²) in [4.78, 5) is 23.4. The molecule has 0 bridgehead atoms. The van der Waals surface area contributed by atoms with Crippen LogP contribution in [-0.4, -0.2) is 42.7 Å². The van der Waals surface area contributed by atoms with Crippen LogP contribution in [0.15, 0.2) is 18.2 Å². The zero-order chi connectivity index (χ0) is 15.9. The number of hydrogen-bond donors (Lipinski definition) is 1. The molecule has 0 fully saturated rings. The fourth-order valence-electron chi connectivity index (χ4n) is 1.84. The second kappa shape index (κ2) is 7.93. The van der Waals surface area contributed by atoms with E-state index >= 15 is 0 Å². The minimum Gasteiger partial charge on any atom is -0.486 e. The van der Waals surface area contributed by atoms with Crippen LogP contribution < -0.4 is 14.8 Å². The molecule has 0 saturated carbocycles. The molecule has 22 heavy (non-hydrogen) atoms. The number of fused-ring (bicyclic) bond motifs is 1. The van der Waals surface area contributed by atoms with E-state index in [2.05, 4.69) is 5.32 Å². The van der Waals surface area contributed by atoms with Gasteiger partial charge in [0.1, 0.15) is 13.2 Å². The Bertz CT molecular complexity index is 549. The summed E-state index contributed by atoms with van der Waals surface area (Å²) in [7, 11) is 0. The van der Waals surface area contributed by atoms with E-state index in [0.29, 0.717) is 37.0 Å². The van der Waals surface area contributed by atoms with Gasteiger partial charge in [-0.1, -0.05) is 0 Å². The van der Waals surface area contributed by atoms with Crippen molar-refractivity contribution in [2.45, 2.75) is 19.1 Å². The van der Waals surface area contributed by atoms with Crippen LogP contribution in [0.4, 0.5) is 5.69 Å². The van der Waals surface area contributed by atoms with Gasteiger partial charge in [-0.15, -0.1) is 11.8 Å². The topological polar surface area (TPSA) is 73.9 Å². The average Bonchev–Trinajstić information content (AvgIpc) is 2.52. The van der Waals surface area contributed by atoms with E-state index in [1.54, 1.807) is 32.0 Å². The van der Waals surface area contributed by atoms with Crippen molar-refractivity contribution in [2.75, 3.05) is 30.9 Å². The molecule has 2 rings (SSSR count). The summed E-state index contributed by atoms with van der Waals surface area (Å²) in [5, 5.41) is 2.44. The van der Waals surface area contributed by atoms with Crippen molar-refractivity contribution >= 4 is 29.3 Å². The molecule has 1 amide bonds. The zero-order valence-corrected chi connectivity index (χ0v) is 13.4. The van der Waals surface area contributed by atoms with E-state index in [9.17, 15) is 9.59 Å². The van der Waals surface area contributed by atoms with Gasteiger partial charge in [0.05, 0.1) is 17.6 Å². The van der Waals surface area contributed by atoms with E-state index < -0.39 is 0 Å². The van der Waals surface area contributed by atoms with Crippen molar-refractivity contribution < 1.29 is 23.8 Å². The minimum absolute atomic E-state index is 0.156. The van der Waals surface area contributed by atoms with Crippen molar-refractivity contribution in [1.29, 1.82) is 0 Å². The number of nitrogens with one attached hydrogen (secondary N) is 1. The first-order valence-electron chi connectivity index (χ1n) is 7.08. The van der Waals surface area contributed by atoms with Gasteiger partial charge in [0.2, 0.25) is 5.91 Å². The van der Waals surface area contributed by atoms with Gasteiger partial charge in [0.15, 0.2) is 11.5 Å². The lowest BCUT2D eigenvalue weighted by atomic mass is 10.2. The highest BCUT2D eigenvalue weighted by atomic mass is 32.2. The van der Waals surface area contributed by atoms with Gasteiger partial charge in [-0.05, 0) is 26.0 Å². The number of thioether (sulfide) groups is 1. The number of anilines is 1. The molecule has 1 heterocycles. The summed E-state index contributed by atoms with van der Waals surface area (Å²) in [5.74, 6) is 0.964. The number of benzene rings is 1. The zero-order valence-electron chi connectivity index (χ0n) is 12.6. The van der Waals surface area contributed by atoms with Crippen molar-refractivity contribution in [3.8, 4) is 11.5 Å². The summed E-state index contributed by atoms with van der Waals surface area (Å²) < 4.78 is 15.7. The molecule has 1 aliphatic rings. The molecule has 0 aromatic heterocycles. The second-order valence-corrected chi connectivity index (χ2v) is 5.94. The summed E-state index contributed by atoms with van der Waals surface area (Å²) >= 11 is 1.24. The minimum atomic E-state index is -0.363. The maximum atomic E-state index is 12.1. The number of carbonyl (C=O) groups is 2. The van der Waals surface area contributed by atoms with Gasteiger partial charge < -0.3 is 19.5 Å². The van der Waals surface area contributed by atoms with Gasteiger partial charge in [-0.25, -0.2) is 0 Å². The Morgan fingerprint density at radius 2 is 2.05 bits per heavy atom. The van der Waals surface area contributed by atoms with Gasteiger partial charge in [0, 0.05) is 11.8 Å². The van der Waals surface area contributed by atoms with E-state index in [1.165, 1.54) is 11.8 Å². The fourth-order valence-corrected chi connectivity index (χ4v) is 2.52. The molecule has 7 heteroatoms. The van der Waals surface area contributed by atoms with Gasteiger partial charge >= 0.3 is 5.97 Å². The van der Waals surface area contributed by atoms with Crippen LogP contribution in [0.3, 0.4) is 0 Å². The molecule has 6 nitrogen and oxygen atoms in total. The number of rotatable bonds is 6. The van der Waals surface area contributed by atoms with Crippen LogP contribution >= 0.6 is 11.8 Å². The Kier molecular flexibility index (Phi) is 5.94. The monoisotopic (exact) mass is 325 g/mol. The molecule has 0 unspecified atom stereocenters. The highest BCUT2D eigenvalue weighted by Crippen LogP contribution is 2.32. The van der Waals surface area contributed by atoms with Crippen molar-refractivity contribution in [2.24, 2.45) is 0 Å². The fraction of sp³-hybridized carbons (Fsp3) is 0.467. The molecule has 0 radical (unpaired) electrons. The molecular formula is C15H19NO5S. The molecule has 0 spiro atoms. The standard InChI is InChI=1S/C15H19NO5S/c1-3-19-14(17)9-22-10(2)15(18)16-11-4-5-12-13(8-11)21-7-6-20-12/h4-5,8,10H,3,6-7,9H2,1-2H3,(H,16,18)/t10-/m0/s1. The molecule has 1 aromatic carbocycles. The van der Waals surface area contributed by atoms with Crippen LogP contribution in [0.5, 0.6) is 11.5 Å². The van der Waals surface area contributed by atoms with Crippen LogP contribution in [0, 0.1) is 0 Å². The maximum absolute atomic E-state index is 12.1. The molecule has 1 aliphatic heterocycles. The first-order valence-corrected chi connectivity index (χ1v) is 8.12. The summed E-state index contributed by atoms with van der Waals surface area (Å²) in [6, 6.07) is 5.25. The normalized spacial score (nSPS) is 14.1. The maximum Gasteiger partial charge on any atom is 0.315 e. The van der Waals surface area contributed by atoms with Gasteiger partial charge in [-0.2, -0.15) is 0 Å². The van der Waals surface area contributed by atoms with Crippen molar-refractivity contribution in [3.63, 3.8) is 0 Å². The van der Waals surface area contributed by atoms with E-state index in [-0.39, 0.29) is 22.9 Å². The lowest BCUT2D eigenvalue weighted by Gasteiger charge is -2.19. The lowest BCUT2D eigenvalue weighted by molar-refractivity contribution is -0.139. The van der Waals surface area contributed by atoms with Crippen LogP contribution in [0.25, 0.3) is 0 Å². The van der Waals surface area contributed by atoms with E-state index in [0.717, 1.165) is 0 Å². The van der Waals surface area contributed by atoms with Crippen molar-refractivity contribution in [1.82, 2.24) is 0 Å². The van der Waals surface area contributed by atoms with Gasteiger partial charge in [0.25, 0.3) is 0 Å². The predicted octanol–water partition coefficient (Wildman–Crippen LogP) is 2.08. The lowest BCUT2D eigenvalue weighted by Crippen LogP contribution is -2.24. The Labute approximate surface area is 133 Å². The Morgan fingerprint density at radius 3 is 2.77 bits per heavy atom. The number of ether oxygens (including phenoxy) is 3.